The van der Waals surface area contributed by atoms with Crippen LogP contribution in [0.1, 0.15) is 33.4 Å². The summed E-state index contributed by atoms with van der Waals surface area (Å²) in [6, 6.07) is 26.1. The van der Waals surface area contributed by atoms with Crippen LogP contribution >= 0.6 is 0 Å². The van der Waals surface area contributed by atoms with E-state index >= 15 is 0 Å². The van der Waals surface area contributed by atoms with Gasteiger partial charge in [0.1, 0.15) is 0 Å². The average molecular weight is 423 g/mol. The molecule has 6 heteroatoms. The first-order valence-corrected chi connectivity index (χ1v) is 10.4. The number of rotatable bonds is 7. The van der Waals surface area contributed by atoms with Crippen LogP contribution in [0.2, 0.25) is 0 Å². The van der Waals surface area contributed by atoms with Gasteiger partial charge in [0.15, 0.2) is 17.3 Å². The first kappa shape index (κ1) is 19.8. The summed E-state index contributed by atoms with van der Waals surface area (Å²) >= 11 is 0. The van der Waals surface area contributed by atoms with E-state index in [-0.39, 0.29) is 12.6 Å². The highest BCUT2D eigenvalue weighted by Gasteiger charge is 2.33. The van der Waals surface area contributed by atoms with Crippen molar-refractivity contribution in [1.82, 2.24) is 9.97 Å². The zero-order valence-electron chi connectivity index (χ0n) is 17.2. The van der Waals surface area contributed by atoms with Gasteiger partial charge in [-0.05, 0) is 29.3 Å². The number of carbonyl (C=O) groups is 1. The first-order chi connectivity index (χ1) is 15.8. The fourth-order valence-electron chi connectivity index (χ4n) is 3.92. The minimum atomic E-state index is -0.525. The highest BCUT2D eigenvalue weighted by molar-refractivity contribution is 6.01. The molecule has 0 aliphatic carbocycles. The maximum Gasteiger partial charge on any atom is 0.231 e. The van der Waals surface area contributed by atoms with Gasteiger partial charge in [0, 0.05) is 18.0 Å². The molecule has 0 fully saturated rings. The highest BCUT2D eigenvalue weighted by atomic mass is 16.7. The molecule has 3 aromatic carbocycles. The van der Waals surface area contributed by atoms with Crippen molar-refractivity contribution in [3.8, 4) is 11.5 Å². The summed E-state index contributed by atoms with van der Waals surface area (Å²) in [5, 5.41) is 3.40. The summed E-state index contributed by atoms with van der Waals surface area (Å²) in [4.78, 5) is 22.5. The molecule has 0 saturated carbocycles. The third-order valence-electron chi connectivity index (χ3n) is 5.44. The van der Waals surface area contributed by atoms with Crippen LogP contribution in [0.4, 0.5) is 5.95 Å². The third-order valence-corrected chi connectivity index (χ3v) is 5.44. The Morgan fingerprint density at radius 2 is 1.47 bits per heavy atom. The van der Waals surface area contributed by atoms with E-state index in [0.717, 1.165) is 11.1 Å². The Hall–Kier alpha value is -4.19. The lowest BCUT2D eigenvalue weighted by molar-refractivity contribution is 0.0950. The molecule has 1 N–H and O–H groups in total. The predicted molar refractivity (Wildman–Crippen MR) is 121 cm³/mol. The molecular formula is C26H21N3O3. The Labute approximate surface area is 185 Å². The molecule has 1 aliphatic heterocycles. The molecule has 0 spiro atoms. The number of Topliss-reactive ketones (excluding diaryl/α,β-unsaturated/α-hetero) is 1. The molecular weight excluding hydrogens is 402 g/mol. The molecule has 5 rings (SSSR count). The number of nitrogens with zero attached hydrogens (tertiary/aromatic N) is 2. The number of ether oxygens (including phenoxy) is 2. The number of ketones is 1. The molecule has 1 aromatic heterocycles. The quantitative estimate of drug-likeness (QED) is 0.421. The normalized spacial score (nSPS) is 13.9. The second kappa shape index (κ2) is 8.89. The molecule has 0 radical (unpaired) electrons. The van der Waals surface area contributed by atoms with E-state index in [2.05, 4.69) is 15.3 Å². The number of nitrogens with one attached hydrogen (secondary N) is 1. The smallest absolute Gasteiger partial charge is 0.231 e. The molecule has 158 valence electrons. The van der Waals surface area contributed by atoms with E-state index in [1.54, 1.807) is 18.5 Å². The molecule has 0 unspecified atom stereocenters. The maximum atomic E-state index is 13.8. The zero-order chi connectivity index (χ0) is 21.8. The van der Waals surface area contributed by atoms with E-state index in [0.29, 0.717) is 23.0 Å². The number of hydrogen-bond donors (Lipinski definition) is 1. The molecule has 2 atom stereocenters. The monoisotopic (exact) mass is 423 g/mol. The number of hydrogen-bond acceptors (Lipinski definition) is 6. The van der Waals surface area contributed by atoms with Crippen molar-refractivity contribution in [2.75, 3.05) is 12.1 Å². The van der Waals surface area contributed by atoms with Gasteiger partial charge < -0.3 is 14.8 Å². The van der Waals surface area contributed by atoms with Gasteiger partial charge in [-0.2, -0.15) is 0 Å². The topological polar surface area (TPSA) is 73.3 Å². The molecule has 32 heavy (non-hydrogen) atoms. The van der Waals surface area contributed by atoms with Gasteiger partial charge in [-0.3, -0.25) is 4.79 Å². The Balaban J connectivity index is 1.64. The second-order valence-electron chi connectivity index (χ2n) is 7.43. The van der Waals surface area contributed by atoms with Gasteiger partial charge >= 0.3 is 0 Å². The molecule has 0 amide bonds. The van der Waals surface area contributed by atoms with Crippen molar-refractivity contribution in [1.29, 1.82) is 0 Å². The lowest BCUT2D eigenvalue weighted by Gasteiger charge is -2.28. The third kappa shape index (κ3) is 4.03. The van der Waals surface area contributed by atoms with Gasteiger partial charge in [0.2, 0.25) is 12.7 Å². The molecule has 1 aliphatic rings. The van der Waals surface area contributed by atoms with Crippen LogP contribution < -0.4 is 14.8 Å². The van der Waals surface area contributed by atoms with E-state index in [1.807, 2.05) is 78.9 Å². The van der Waals surface area contributed by atoms with Crippen LogP contribution in [0.25, 0.3) is 0 Å². The first-order valence-electron chi connectivity index (χ1n) is 10.4. The lowest BCUT2D eigenvalue weighted by Crippen LogP contribution is -2.27. The Bertz CT molecular complexity index is 1200. The highest BCUT2D eigenvalue weighted by Crippen LogP contribution is 2.40. The van der Waals surface area contributed by atoms with Gasteiger partial charge in [-0.15, -0.1) is 0 Å². The zero-order valence-corrected chi connectivity index (χ0v) is 17.2. The van der Waals surface area contributed by atoms with Crippen LogP contribution in [0.15, 0.2) is 97.3 Å². The minimum Gasteiger partial charge on any atom is -0.454 e. The van der Waals surface area contributed by atoms with Crippen molar-refractivity contribution < 1.29 is 14.3 Å². The van der Waals surface area contributed by atoms with Crippen LogP contribution in [0, 0.1) is 0 Å². The number of anilines is 1. The van der Waals surface area contributed by atoms with Crippen molar-refractivity contribution in [2.24, 2.45) is 0 Å². The standard InChI is InChI=1S/C26H21N3O3/c30-25(19-10-5-2-6-11-19)23(18-8-3-1-4-9-18)24(29-26-27-14-7-15-28-26)20-12-13-21-22(16-20)32-17-31-21/h1-16,23-24H,17H2,(H,27,28,29)/t23-,24-/m0/s1. The van der Waals surface area contributed by atoms with Crippen LogP contribution in [0.5, 0.6) is 11.5 Å². The van der Waals surface area contributed by atoms with Crippen LogP contribution in [0.3, 0.4) is 0 Å². The Morgan fingerprint density at radius 3 is 2.22 bits per heavy atom. The molecule has 2 heterocycles. The average Bonchev–Trinajstić information content (AvgIpc) is 3.33. The predicted octanol–water partition coefficient (Wildman–Crippen LogP) is 5.03. The van der Waals surface area contributed by atoms with E-state index < -0.39 is 12.0 Å². The van der Waals surface area contributed by atoms with E-state index in [9.17, 15) is 4.79 Å². The molecule has 0 saturated heterocycles. The van der Waals surface area contributed by atoms with Crippen molar-refractivity contribution >= 4 is 11.7 Å². The summed E-state index contributed by atoms with van der Waals surface area (Å²) in [5.74, 6) is 1.26. The van der Waals surface area contributed by atoms with Crippen LogP contribution in [-0.4, -0.2) is 22.5 Å². The van der Waals surface area contributed by atoms with Crippen molar-refractivity contribution in [2.45, 2.75) is 12.0 Å². The second-order valence-corrected chi connectivity index (χ2v) is 7.43. The largest absolute Gasteiger partial charge is 0.454 e. The minimum absolute atomic E-state index is 0.00268. The van der Waals surface area contributed by atoms with Gasteiger partial charge in [-0.1, -0.05) is 66.7 Å². The molecule has 0 bridgehead atoms. The molecule has 6 nitrogen and oxygen atoms in total. The Morgan fingerprint density at radius 1 is 0.781 bits per heavy atom. The van der Waals surface area contributed by atoms with Gasteiger partial charge in [0.25, 0.3) is 0 Å². The summed E-state index contributed by atoms with van der Waals surface area (Å²) in [6.45, 7) is 0.184. The Kier molecular flexibility index (Phi) is 5.49. The maximum absolute atomic E-state index is 13.8. The summed E-state index contributed by atoms with van der Waals surface area (Å²) in [6.07, 6.45) is 3.34. The van der Waals surface area contributed by atoms with Crippen molar-refractivity contribution in [3.05, 3.63) is 114 Å². The molecule has 4 aromatic rings. The van der Waals surface area contributed by atoms with Gasteiger partial charge in [0.05, 0.1) is 12.0 Å². The fraction of sp³-hybridized carbons (Fsp3) is 0.115. The summed E-state index contributed by atoms with van der Waals surface area (Å²) in [5.41, 5.74) is 2.41. The van der Waals surface area contributed by atoms with Crippen molar-refractivity contribution in [3.63, 3.8) is 0 Å². The number of fused-ring (bicyclic) bond motifs is 1. The lowest BCUT2D eigenvalue weighted by atomic mass is 9.81. The summed E-state index contributed by atoms with van der Waals surface area (Å²) < 4.78 is 11.1. The van der Waals surface area contributed by atoms with E-state index in [4.69, 9.17) is 9.47 Å². The van der Waals surface area contributed by atoms with E-state index in [1.165, 1.54) is 0 Å². The summed E-state index contributed by atoms with van der Waals surface area (Å²) in [7, 11) is 0. The van der Waals surface area contributed by atoms with Gasteiger partial charge in [-0.25, -0.2) is 9.97 Å². The fourth-order valence-corrected chi connectivity index (χ4v) is 3.92. The number of benzene rings is 3. The number of aromatic nitrogens is 2. The SMILES string of the molecule is O=C(c1ccccc1)[C@@H](c1ccccc1)[C@@H](Nc1ncccn1)c1ccc2c(c1)OCO2. The number of carbonyl (C=O) groups excluding carboxylic acids is 1. The van der Waals surface area contributed by atoms with Crippen LogP contribution in [-0.2, 0) is 0 Å².